The Morgan fingerprint density at radius 2 is 1.48 bits per heavy atom. The number of amides is 2. The minimum Gasteiger partial charge on any atom is -0.468 e. The van der Waals surface area contributed by atoms with Crippen molar-refractivity contribution in [1.29, 1.82) is 0 Å². The summed E-state index contributed by atoms with van der Waals surface area (Å²) in [4.78, 5) is 27.1. The number of carbonyl (C=O) groups excluding carboxylic acids is 2. The molecule has 0 aliphatic rings. The monoisotopic (exact) mass is 431 g/mol. The van der Waals surface area contributed by atoms with Crippen LogP contribution in [-0.2, 0) is 0 Å². The lowest BCUT2D eigenvalue weighted by molar-refractivity contribution is -0.154. The minimum atomic E-state index is -4.46. The van der Waals surface area contributed by atoms with Gasteiger partial charge in [0.25, 0.3) is 5.91 Å². The molecule has 0 aliphatic heterocycles. The van der Waals surface area contributed by atoms with Gasteiger partial charge in [-0.25, -0.2) is 4.98 Å². The van der Waals surface area contributed by atoms with E-state index in [-0.39, 0.29) is 5.88 Å². The molecule has 0 aliphatic carbocycles. The van der Waals surface area contributed by atoms with Crippen molar-refractivity contribution in [2.45, 2.75) is 6.18 Å². The summed E-state index contributed by atoms with van der Waals surface area (Å²) in [5.74, 6) is -0.235. The number of ether oxygens (including phenoxy) is 2. The molecule has 1 heterocycles. The molecule has 160 valence electrons. The first-order chi connectivity index (χ1) is 14.7. The van der Waals surface area contributed by atoms with Crippen LogP contribution >= 0.6 is 0 Å². The van der Waals surface area contributed by atoms with Gasteiger partial charge in [-0.15, -0.1) is 0 Å². The summed E-state index contributed by atoms with van der Waals surface area (Å²) in [6.45, 7) is -1.45. The van der Waals surface area contributed by atoms with Crippen molar-refractivity contribution in [3.63, 3.8) is 0 Å². The second kappa shape index (κ2) is 9.16. The fraction of sp³-hybridized carbons (Fsp3) is 0.0952. The van der Waals surface area contributed by atoms with Gasteiger partial charge < -0.3 is 20.5 Å². The van der Waals surface area contributed by atoms with Crippen LogP contribution in [0.25, 0.3) is 0 Å². The van der Waals surface area contributed by atoms with Crippen molar-refractivity contribution in [1.82, 2.24) is 4.98 Å². The van der Waals surface area contributed by atoms with E-state index in [1.165, 1.54) is 42.6 Å². The third kappa shape index (κ3) is 6.46. The first-order valence-electron chi connectivity index (χ1n) is 8.84. The van der Waals surface area contributed by atoms with Gasteiger partial charge >= 0.3 is 6.18 Å². The summed E-state index contributed by atoms with van der Waals surface area (Å²) in [5.41, 5.74) is 6.16. The fourth-order valence-corrected chi connectivity index (χ4v) is 2.40. The summed E-state index contributed by atoms with van der Waals surface area (Å²) < 4.78 is 46.6. The van der Waals surface area contributed by atoms with Crippen molar-refractivity contribution < 1.29 is 32.2 Å². The smallest absolute Gasteiger partial charge is 0.422 e. The lowest BCUT2D eigenvalue weighted by atomic mass is 10.2. The molecule has 31 heavy (non-hydrogen) atoms. The molecule has 10 heteroatoms. The number of pyridine rings is 1. The Hall–Kier alpha value is -4.08. The predicted octanol–water partition coefficient (Wildman–Crippen LogP) is 4.17. The lowest BCUT2D eigenvalue weighted by Crippen LogP contribution is -2.19. The molecule has 0 fully saturated rings. The van der Waals surface area contributed by atoms with E-state index < -0.39 is 24.6 Å². The number of nitrogens with zero attached hydrogens (tertiary/aromatic N) is 1. The summed E-state index contributed by atoms with van der Waals surface area (Å²) in [7, 11) is 0. The number of alkyl halides is 3. The third-order valence-electron chi connectivity index (χ3n) is 3.87. The second-order valence-electron chi connectivity index (χ2n) is 6.26. The van der Waals surface area contributed by atoms with Crippen LogP contribution in [-0.4, -0.2) is 29.6 Å². The number of hydrogen-bond donors (Lipinski definition) is 2. The highest BCUT2D eigenvalue weighted by Crippen LogP contribution is 2.23. The minimum absolute atomic E-state index is 0.208. The van der Waals surface area contributed by atoms with E-state index in [0.717, 1.165) is 0 Å². The Morgan fingerprint density at radius 3 is 1.97 bits per heavy atom. The van der Waals surface area contributed by atoms with Crippen molar-refractivity contribution in [3.8, 4) is 17.4 Å². The van der Waals surface area contributed by atoms with Gasteiger partial charge in [-0.05, 0) is 54.6 Å². The van der Waals surface area contributed by atoms with Crippen molar-refractivity contribution in [2.75, 3.05) is 11.9 Å². The molecular formula is C21H16F3N3O4. The molecule has 2 amide bonds. The highest BCUT2D eigenvalue weighted by molar-refractivity contribution is 6.04. The number of nitrogens with one attached hydrogen (secondary N) is 1. The SMILES string of the molecule is NC(=O)c1ccc(Oc2ccc(C(=O)Nc3ccc(OCC(F)(F)F)nc3)cc2)cc1. The zero-order chi connectivity index (χ0) is 22.4. The molecule has 0 saturated heterocycles. The van der Waals surface area contributed by atoms with E-state index in [1.807, 2.05) is 0 Å². The number of halogens is 3. The maximum atomic E-state index is 12.3. The van der Waals surface area contributed by atoms with Crippen LogP contribution in [0.2, 0.25) is 0 Å². The summed E-state index contributed by atoms with van der Waals surface area (Å²) in [6, 6.07) is 15.1. The van der Waals surface area contributed by atoms with Crippen LogP contribution in [0.5, 0.6) is 17.4 Å². The number of aromatic nitrogens is 1. The maximum Gasteiger partial charge on any atom is 0.422 e. The normalized spacial score (nSPS) is 10.9. The standard InChI is InChI=1S/C21H16F3N3O4/c22-21(23,24)12-30-18-10-5-15(11-26-18)27-20(29)14-3-8-17(9-4-14)31-16-6-1-13(2-7-16)19(25)28/h1-11H,12H2,(H2,25,28)(H,27,29). The number of anilines is 1. The topological polar surface area (TPSA) is 104 Å². The molecular weight excluding hydrogens is 415 g/mol. The number of hydrogen-bond acceptors (Lipinski definition) is 5. The lowest BCUT2D eigenvalue weighted by Gasteiger charge is -2.10. The summed E-state index contributed by atoms with van der Waals surface area (Å²) in [5, 5.41) is 2.58. The quantitative estimate of drug-likeness (QED) is 0.585. The Labute approximate surface area is 174 Å². The Balaban J connectivity index is 1.57. The molecule has 0 saturated carbocycles. The number of rotatable bonds is 7. The van der Waals surface area contributed by atoms with Gasteiger partial charge in [0.1, 0.15) is 11.5 Å². The van der Waals surface area contributed by atoms with Crippen LogP contribution in [0, 0.1) is 0 Å². The number of carbonyl (C=O) groups is 2. The number of benzene rings is 2. The molecule has 0 radical (unpaired) electrons. The highest BCUT2D eigenvalue weighted by Gasteiger charge is 2.28. The molecule has 3 aromatic rings. The van der Waals surface area contributed by atoms with Crippen LogP contribution in [0.1, 0.15) is 20.7 Å². The van der Waals surface area contributed by atoms with E-state index in [0.29, 0.717) is 28.3 Å². The third-order valence-corrected chi connectivity index (χ3v) is 3.87. The first kappa shape index (κ1) is 21.6. The highest BCUT2D eigenvalue weighted by atomic mass is 19.4. The average Bonchev–Trinajstić information content (AvgIpc) is 2.73. The zero-order valence-corrected chi connectivity index (χ0v) is 15.8. The van der Waals surface area contributed by atoms with E-state index in [2.05, 4.69) is 15.0 Å². The molecule has 0 atom stereocenters. The van der Waals surface area contributed by atoms with Gasteiger partial charge in [-0.1, -0.05) is 0 Å². The Morgan fingerprint density at radius 1 is 0.903 bits per heavy atom. The van der Waals surface area contributed by atoms with E-state index in [9.17, 15) is 22.8 Å². The van der Waals surface area contributed by atoms with Gasteiger partial charge in [-0.2, -0.15) is 13.2 Å². The van der Waals surface area contributed by atoms with Crippen LogP contribution in [0.3, 0.4) is 0 Å². The summed E-state index contributed by atoms with van der Waals surface area (Å²) >= 11 is 0. The molecule has 2 aromatic carbocycles. The van der Waals surface area contributed by atoms with Crippen molar-refractivity contribution >= 4 is 17.5 Å². The van der Waals surface area contributed by atoms with Crippen LogP contribution in [0.4, 0.5) is 18.9 Å². The molecule has 0 bridgehead atoms. The molecule has 7 nitrogen and oxygen atoms in total. The van der Waals surface area contributed by atoms with Gasteiger partial charge in [-0.3, -0.25) is 9.59 Å². The molecule has 0 spiro atoms. The van der Waals surface area contributed by atoms with E-state index in [1.54, 1.807) is 24.3 Å². The van der Waals surface area contributed by atoms with Crippen LogP contribution < -0.4 is 20.5 Å². The van der Waals surface area contributed by atoms with Gasteiger partial charge in [0, 0.05) is 17.2 Å². The summed E-state index contributed by atoms with van der Waals surface area (Å²) in [6.07, 6.45) is -3.27. The second-order valence-corrected chi connectivity index (χ2v) is 6.26. The molecule has 3 rings (SSSR count). The first-order valence-corrected chi connectivity index (χ1v) is 8.84. The van der Waals surface area contributed by atoms with E-state index in [4.69, 9.17) is 10.5 Å². The maximum absolute atomic E-state index is 12.3. The number of nitrogens with two attached hydrogens (primary N) is 1. The average molecular weight is 431 g/mol. The van der Waals surface area contributed by atoms with E-state index >= 15 is 0 Å². The van der Waals surface area contributed by atoms with Crippen molar-refractivity contribution in [2.24, 2.45) is 5.73 Å². The molecule has 0 unspecified atom stereocenters. The molecule has 3 N–H and O–H groups in total. The van der Waals surface area contributed by atoms with Gasteiger partial charge in [0.05, 0.1) is 11.9 Å². The van der Waals surface area contributed by atoms with Gasteiger partial charge in [0.2, 0.25) is 11.8 Å². The largest absolute Gasteiger partial charge is 0.468 e. The van der Waals surface area contributed by atoms with Crippen LogP contribution in [0.15, 0.2) is 66.9 Å². The predicted molar refractivity (Wildman–Crippen MR) is 105 cm³/mol. The molecule has 1 aromatic heterocycles. The zero-order valence-electron chi connectivity index (χ0n) is 15.8. The Kier molecular flexibility index (Phi) is 6.39. The fourth-order valence-electron chi connectivity index (χ4n) is 2.40. The van der Waals surface area contributed by atoms with Gasteiger partial charge in [0.15, 0.2) is 6.61 Å². The Bertz CT molecular complexity index is 1050. The number of primary amides is 1. The van der Waals surface area contributed by atoms with Crippen molar-refractivity contribution in [3.05, 3.63) is 78.0 Å².